The summed E-state index contributed by atoms with van der Waals surface area (Å²) in [5.74, 6) is 0. The molecule has 0 unspecified atom stereocenters. The molecule has 0 aliphatic heterocycles. The molecule has 104 valence electrons. The fraction of sp³-hybridized carbons (Fsp3) is 0.400. The third-order valence-electron chi connectivity index (χ3n) is 3.68. The van der Waals surface area contributed by atoms with Crippen molar-refractivity contribution >= 4 is 5.69 Å². The molecular weight excluding hydrogens is 252 g/mol. The monoisotopic (exact) mass is 270 g/mol. The summed E-state index contributed by atoms with van der Waals surface area (Å²) in [6.07, 6.45) is 9.70. The first-order valence-electron chi connectivity index (χ1n) is 7.04. The molecule has 0 radical (unpaired) electrons. The summed E-state index contributed by atoms with van der Waals surface area (Å²) in [7, 11) is 0. The molecule has 0 aromatic carbocycles. The number of nitrogens with zero attached hydrogens (tertiary/aromatic N) is 3. The van der Waals surface area contributed by atoms with E-state index in [1.54, 1.807) is 18.5 Å². The highest BCUT2D eigenvalue weighted by atomic mass is 16.1. The van der Waals surface area contributed by atoms with Gasteiger partial charge in [-0.2, -0.15) is 5.10 Å². The van der Waals surface area contributed by atoms with E-state index in [4.69, 9.17) is 0 Å². The highest BCUT2D eigenvalue weighted by molar-refractivity contribution is 5.40. The summed E-state index contributed by atoms with van der Waals surface area (Å²) in [6, 6.07) is 6.05. The van der Waals surface area contributed by atoms with Gasteiger partial charge < -0.3 is 5.32 Å². The molecule has 1 saturated carbocycles. The van der Waals surface area contributed by atoms with Crippen molar-refractivity contribution < 1.29 is 0 Å². The SMILES string of the molecule is O=c1cc(NC2CCC2)cnn1CCc1cccnc1. The Balaban J connectivity index is 1.63. The number of rotatable bonds is 5. The minimum absolute atomic E-state index is 0.0572. The van der Waals surface area contributed by atoms with Crippen molar-refractivity contribution in [2.45, 2.75) is 38.3 Å². The number of anilines is 1. The second kappa shape index (κ2) is 5.86. The Kier molecular flexibility index (Phi) is 3.76. The zero-order valence-corrected chi connectivity index (χ0v) is 11.3. The van der Waals surface area contributed by atoms with Crippen LogP contribution in [0.25, 0.3) is 0 Å². The normalized spacial score (nSPS) is 14.8. The third-order valence-corrected chi connectivity index (χ3v) is 3.68. The van der Waals surface area contributed by atoms with Gasteiger partial charge in [0, 0.05) is 31.0 Å². The van der Waals surface area contributed by atoms with E-state index in [1.807, 2.05) is 18.3 Å². The van der Waals surface area contributed by atoms with Crippen molar-refractivity contribution in [3.8, 4) is 0 Å². The molecule has 20 heavy (non-hydrogen) atoms. The molecule has 1 aliphatic rings. The van der Waals surface area contributed by atoms with Crippen molar-refractivity contribution in [3.05, 3.63) is 52.7 Å². The number of aryl methyl sites for hydroxylation is 2. The topological polar surface area (TPSA) is 59.8 Å². The molecule has 5 heteroatoms. The molecule has 2 heterocycles. The minimum Gasteiger partial charge on any atom is -0.381 e. The summed E-state index contributed by atoms with van der Waals surface area (Å²) in [4.78, 5) is 16.1. The molecule has 5 nitrogen and oxygen atoms in total. The Bertz CT molecular complexity index is 619. The maximum Gasteiger partial charge on any atom is 0.268 e. The number of hydrogen-bond donors (Lipinski definition) is 1. The van der Waals surface area contributed by atoms with Gasteiger partial charge in [0.2, 0.25) is 0 Å². The van der Waals surface area contributed by atoms with Crippen molar-refractivity contribution in [3.63, 3.8) is 0 Å². The van der Waals surface area contributed by atoms with E-state index >= 15 is 0 Å². The molecule has 2 aromatic heterocycles. The largest absolute Gasteiger partial charge is 0.381 e. The fourth-order valence-corrected chi connectivity index (χ4v) is 2.25. The maximum atomic E-state index is 12.0. The molecule has 0 spiro atoms. The Morgan fingerprint density at radius 2 is 2.25 bits per heavy atom. The smallest absolute Gasteiger partial charge is 0.268 e. The van der Waals surface area contributed by atoms with Gasteiger partial charge in [-0.15, -0.1) is 0 Å². The van der Waals surface area contributed by atoms with Crippen LogP contribution < -0.4 is 10.9 Å². The van der Waals surface area contributed by atoms with E-state index in [2.05, 4.69) is 15.4 Å². The number of aromatic nitrogens is 3. The quantitative estimate of drug-likeness (QED) is 0.900. The first-order chi connectivity index (χ1) is 9.81. The van der Waals surface area contributed by atoms with Crippen LogP contribution in [0.15, 0.2) is 41.6 Å². The minimum atomic E-state index is -0.0572. The van der Waals surface area contributed by atoms with Gasteiger partial charge in [-0.25, -0.2) is 4.68 Å². The van der Waals surface area contributed by atoms with E-state index in [0.29, 0.717) is 12.6 Å². The van der Waals surface area contributed by atoms with Crippen LogP contribution >= 0.6 is 0 Å². The van der Waals surface area contributed by atoms with E-state index in [0.717, 1.165) is 17.7 Å². The molecule has 0 atom stereocenters. The Hall–Kier alpha value is -2.17. The average molecular weight is 270 g/mol. The van der Waals surface area contributed by atoms with Crippen molar-refractivity contribution in [1.82, 2.24) is 14.8 Å². The lowest BCUT2D eigenvalue weighted by atomic mass is 9.93. The molecule has 1 fully saturated rings. The van der Waals surface area contributed by atoms with Crippen LogP contribution in [0.5, 0.6) is 0 Å². The molecule has 0 bridgehead atoms. The van der Waals surface area contributed by atoms with Gasteiger partial charge in [-0.3, -0.25) is 9.78 Å². The third kappa shape index (κ3) is 3.04. The highest BCUT2D eigenvalue weighted by Gasteiger charge is 2.17. The zero-order valence-electron chi connectivity index (χ0n) is 11.3. The van der Waals surface area contributed by atoms with E-state index < -0.39 is 0 Å². The standard InChI is InChI=1S/C15H18N4O/c20-15-9-14(18-13-4-1-5-13)11-17-19(15)8-6-12-3-2-7-16-10-12/h2-3,7,9-11,13,18H,1,4-6,8H2. The van der Waals surface area contributed by atoms with Gasteiger partial charge in [0.1, 0.15) is 0 Å². The second-order valence-electron chi connectivity index (χ2n) is 5.19. The summed E-state index contributed by atoms with van der Waals surface area (Å²) < 4.78 is 1.50. The zero-order chi connectivity index (χ0) is 13.8. The molecular formula is C15H18N4O. The van der Waals surface area contributed by atoms with Crippen LogP contribution in [0.1, 0.15) is 24.8 Å². The van der Waals surface area contributed by atoms with E-state index in [-0.39, 0.29) is 5.56 Å². The molecule has 1 aliphatic carbocycles. The predicted octanol–water partition coefficient (Wildman–Crippen LogP) is 1.85. The van der Waals surface area contributed by atoms with Gasteiger partial charge in [0.05, 0.1) is 11.9 Å². The highest BCUT2D eigenvalue weighted by Crippen LogP contribution is 2.21. The van der Waals surface area contributed by atoms with Crippen LogP contribution in [0.2, 0.25) is 0 Å². The van der Waals surface area contributed by atoms with Crippen molar-refractivity contribution in [1.29, 1.82) is 0 Å². The fourth-order valence-electron chi connectivity index (χ4n) is 2.25. The maximum absolute atomic E-state index is 12.0. The molecule has 0 amide bonds. The summed E-state index contributed by atoms with van der Waals surface area (Å²) in [6.45, 7) is 0.578. The summed E-state index contributed by atoms with van der Waals surface area (Å²) >= 11 is 0. The van der Waals surface area contributed by atoms with Crippen LogP contribution in [0, 0.1) is 0 Å². The van der Waals surface area contributed by atoms with E-state index in [9.17, 15) is 4.79 Å². The Labute approximate surface area is 117 Å². The lowest BCUT2D eigenvalue weighted by Crippen LogP contribution is -2.29. The Morgan fingerprint density at radius 3 is 2.90 bits per heavy atom. The number of hydrogen-bond acceptors (Lipinski definition) is 4. The number of pyridine rings is 1. The van der Waals surface area contributed by atoms with E-state index in [1.165, 1.54) is 23.9 Å². The molecule has 3 rings (SSSR count). The number of nitrogens with one attached hydrogen (secondary N) is 1. The summed E-state index contributed by atoms with van der Waals surface area (Å²) in [5, 5.41) is 7.56. The van der Waals surface area contributed by atoms with Crippen LogP contribution in [0.4, 0.5) is 5.69 Å². The van der Waals surface area contributed by atoms with Crippen molar-refractivity contribution in [2.75, 3.05) is 5.32 Å². The molecule has 1 N–H and O–H groups in total. The first-order valence-corrected chi connectivity index (χ1v) is 7.04. The van der Waals surface area contributed by atoms with Crippen molar-refractivity contribution in [2.24, 2.45) is 0 Å². The first kappa shape index (κ1) is 12.8. The van der Waals surface area contributed by atoms with Gasteiger partial charge in [0.15, 0.2) is 0 Å². The van der Waals surface area contributed by atoms with Crippen LogP contribution in [-0.2, 0) is 13.0 Å². The molecule has 0 saturated heterocycles. The summed E-state index contributed by atoms with van der Waals surface area (Å²) in [5.41, 5.74) is 1.88. The molecule has 2 aromatic rings. The lowest BCUT2D eigenvalue weighted by molar-refractivity contribution is 0.445. The van der Waals surface area contributed by atoms with Gasteiger partial charge in [0.25, 0.3) is 5.56 Å². The lowest BCUT2D eigenvalue weighted by Gasteiger charge is -2.27. The second-order valence-corrected chi connectivity index (χ2v) is 5.19. The Morgan fingerprint density at radius 1 is 1.35 bits per heavy atom. The van der Waals surface area contributed by atoms with Gasteiger partial charge >= 0.3 is 0 Å². The van der Waals surface area contributed by atoms with Crippen LogP contribution in [-0.4, -0.2) is 20.8 Å². The average Bonchev–Trinajstić information content (AvgIpc) is 2.43. The van der Waals surface area contributed by atoms with Gasteiger partial charge in [-0.1, -0.05) is 6.07 Å². The predicted molar refractivity (Wildman–Crippen MR) is 77.7 cm³/mol. The van der Waals surface area contributed by atoms with Crippen LogP contribution in [0.3, 0.4) is 0 Å². The van der Waals surface area contributed by atoms with Gasteiger partial charge in [-0.05, 0) is 37.3 Å².